The van der Waals surface area contributed by atoms with Gasteiger partial charge in [0.1, 0.15) is 5.82 Å². The van der Waals surface area contributed by atoms with Crippen molar-refractivity contribution in [1.29, 1.82) is 0 Å². The lowest BCUT2D eigenvalue weighted by Gasteiger charge is -2.25. The van der Waals surface area contributed by atoms with Crippen LogP contribution in [-0.2, 0) is 11.3 Å². The molecule has 1 aliphatic rings. The Morgan fingerprint density at radius 1 is 1.27 bits per heavy atom. The Morgan fingerprint density at radius 2 is 2.00 bits per heavy atom. The van der Waals surface area contributed by atoms with E-state index in [2.05, 4.69) is 39.9 Å². The molecule has 1 aromatic heterocycles. The van der Waals surface area contributed by atoms with Gasteiger partial charge in [-0.2, -0.15) is 0 Å². The number of hydrogen-bond acceptors (Lipinski definition) is 4. The van der Waals surface area contributed by atoms with Crippen molar-refractivity contribution in [1.82, 2.24) is 15.6 Å². The van der Waals surface area contributed by atoms with Crippen LogP contribution in [0.4, 0.5) is 5.82 Å². The van der Waals surface area contributed by atoms with Crippen LogP contribution >= 0.6 is 24.0 Å². The van der Waals surface area contributed by atoms with E-state index in [1.165, 1.54) is 10.9 Å². The highest BCUT2D eigenvalue weighted by atomic mass is 127. The first-order chi connectivity index (χ1) is 12.2. The van der Waals surface area contributed by atoms with Crippen molar-refractivity contribution in [3.05, 3.63) is 35.9 Å². The Bertz CT molecular complexity index is 744. The molecule has 0 bridgehead atoms. The average molecular weight is 469 g/mol. The summed E-state index contributed by atoms with van der Waals surface area (Å²) in [6.45, 7) is 2.33. The van der Waals surface area contributed by atoms with Crippen LogP contribution in [0.3, 0.4) is 0 Å². The zero-order valence-electron chi connectivity index (χ0n) is 15.7. The Balaban J connectivity index is 0.00000243. The smallest absolute Gasteiger partial charge is 0.191 e. The molecule has 2 aromatic rings. The summed E-state index contributed by atoms with van der Waals surface area (Å²) >= 11 is 0. The SMILES string of the molecule is CN=C(NCc1cc(N(C)C)nc2ccccc12)NC1CCOCC1.I. The maximum atomic E-state index is 5.42. The van der Waals surface area contributed by atoms with E-state index in [1.807, 2.05) is 32.1 Å². The zero-order chi connectivity index (χ0) is 17.6. The molecule has 0 radical (unpaired) electrons. The number of rotatable bonds is 4. The molecule has 1 aliphatic heterocycles. The molecule has 0 unspecified atom stereocenters. The van der Waals surface area contributed by atoms with E-state index < -0.39 is 0 Å². The molecule has 1 aromatic carbocycles. The summed E-state index contributed by atoms with van der Waals surface area (Å²) in [5.74, 6) is 1.79. The summed E-state index contributed by atoms with van der Waals surface area (Å²) in [5, 5.41) is 8.11. The van der Waals surface area contributed by atoms with Gasteiger partial charge in [0.2, 0.25) is 0 Å². The van der Waals surface area contributed by atoms with Crippen molar-refractivity contribution in [2.24, 2.45) is 4.99 Å². The second-order valence-electron chi connectivity index (χ2n) is 6.51. The molecular formula is C19H28IN5O. The van der Waals surface area contributed by atoms with E-state index in [9.17, 15) is 0 Å². The lowest BCUT2D eigenvalue weighted by molar-refractivity contribution is 0.0822. The van der Waals surface area contributed by atoms with E-state index >= 15 is 0 Å². The first kappa shape index (κ1) is 20.7. The van der Waals surface area contributed by atoms with E-state index in [0.29, 0.717) is 12.6 Å². The molecule has 0 saturated carbocycles. The monoisotopic (exact) mass is 469 g/mol. The molecule has 2 N–H and O–H groups in total. The summed E-state index contributed by atoms with van der Waals surface area (Å²) in [4.78, 5) is 11.1. The van der Waals surface area contributed by atoms with Crippen LogP contribution in [-0.4, -0.2) is 51.3 Å². The van der Waals surface area contributed by atoms with Crippen LogP contribution in [0.2, 0.25) is 0 Å². The van der Waals surface area contributed by atoms with E-state index in [-0.39, 0.29) is 24.0 Å². The van der Waals surface area contributed by atoms with E-state index in [4.69, 9.17) is 9.72 Å². The van der Waals surface area contributed by atoms with Gasteiger partial charge < -0.3 is 20.3 Å². The van der Waals surface area contributed by atoms with Gasteiger partial charge in [-0.3, -0.25) is 4.99 Å². The molecule has 7 heteroatoms. The van der Waals surface area contributed by atoms with Crippen molar-refractivity contribution >= 4 is 46.7 Å². The molecule has 2 heterocycles. The average Bonchev–Trinajstić information content (AvgIpc) is 2.65. The highest BCUT2D eigenvalue weighted by Crippen LogP contribution is 2.22. The predicted molar refractivity (Wildman–Crippen MR) is 119 cm³/mol. The summed E-state index contributed by atoms with van der Waals surface area (Å²) in [6, 6.07) is 10.8. The topological polar surface area (TPSA) is 61.8 Å². The van der Waals surface area contributed by atoms with Gasteiger partial charge >= 0.3 is 0 Å². The first-order valence-electron chi connectivity index (χ1n) is 8.78. The molecule has 0 atom stereocenters. The minimum Gasteiger partial charge on any atom is -0.381 e. The number of aromatic nitrogens is 1. The molecule has 0 amide bonds. The normalized spacial score (nSPS) is 15.4. The van der Waals surface area contributed by atoms with Crippen LogP contribution in [0.15, 0.2) is 35.3 Å². The number of anilines is 1. The lowest BCUT2D eigenvalue weighted by Crippen LogP contribution is -2.45. The third-order valence-corrected chi connectivity index (χ3v) is 4.48. The Hall–Kier alpha value is -1.61. The van der Waals surface area contributed by atoms with Crippen LogP contribution in [0.25, 0.3) is 10.9 Å². The fraction of sp³-hybridized carbons (Fsp3) is 0.474. The summed E-state index contributed by atoms with van der Waals surface area (Å²) in [5.41, 5.74) is 2.22. The Labute approximate surface area is 172 Å². The molecule has 0 spiro atoms. The van der Waals surface area contributed by atoms with Crippen molar-refractivity contribution in [3.63, 3.8) is 0 Å². The van der Waals surface area contributed by atoms with E-state index in [0.717, 1.165) is 43.3 Å². The number of fused-ring (bicyclic) bond motifs is 1. The van der Waals surface area contributed by atoms with Gasteiger partial charge in [-0.1, -0.05) is 18.2 Å². The van der Waals surface area contributed by atoms with Gasteiger partial charge in [-0.15, -0.1) is 24.0 Å². The molecule has 1 fully saturated rings. The summed E-state index contributed by atoms with van der Waals surface area (Å²) in [6.07, 6.45) is 2.04. The van der Waals surface area contributed by atoms with Crippen LogP contribution in [0, 0.1) is 0 Å². The molecule has 3 rings (SSSR count). The van der Waals surface area contributed by atoms with Crippen LogP contribution in [0.1, 0.15) is 18.4 Å². The number of pyridine rings is 1. The number of para-hydroxylation sites is 1. The first-order valence-corrected chi connectivity index (χ1v) is 8.78. The predicted octanol–water partition coefficient (Wildman–Crippen LogP) is 2.76. The zero-order valence-corrected chi connectivity index (χ0v) is 18.0. The minimum absolute atomic E-state index is 0. The van der Waals surface area contributed by atoms with Gasteiger partial charge in [-0.05, 0) is 30.5 Å². The number of nitrogens with zero attached hydrogens (tertiary/aromatic N) is 3. The van der Waals surface area contributed by atoms with E-state index in [1.54, 1.807) is 0 Å². The lowest BCUT2D eigenvalue weighted by atomic mass is 10.1. The quantitative estimate of drug-likeness (QED) is 0.410. The molecule has 142 valence electrons. The molecule has 26 heavy (non-hydrogen) atoms. The minimum atomic E-state index is 0. The van der Waals surface area contributed by atoms with Crippen molar-refractivity contribution in [3.8, 4) is 0 Å². The summed E-state index contributed by atoms with van der Waals surface area (Å²) < 4.78 is 5.42. The fourth-order valence-corrected chi connectivity index (χ4v) is 3.02. The maximum Gasteiger partial charge on any atom is 0.191 e. The third-order valence-electron chi connectivity index (χ3n) is 4.48. The van der Waals surface area contributed by atoms with Crippen molar-refractivity contribution in [2.45, 2.75) is 25.4 Å². The van der Waals surface area contributed by atoms with Gasteiger partial charge in [0.15, 0.2) is 5.96 Å². The van der Waals surface area contributed by atoms with Crippen molar-refractivity contribution in [2.75, 3.05) is 39.3 Å². The number of benzene rings is 1. The van der Waals surface area contributed by atoms with Crippen LogP contribution in [0.5, 0.6) is 0 Å². The van der Waals surface area contributed by atoms with Gasteiger partial charge in [0, 0.05) is 52.3 Å². The number of halogens is 1. The van der Waals surface area contributed by atoms with Gasteiger partial charge in [-0.25, -0.2) is 4.98 Å². The molecule has 6 nitrogen and oxygen atoms in total. The fourth-order valence-electron chi connectivity index (χ4n) is 3.02. The van der Waals surface area contributed by atoms with Crippen molar-refractivity contribution < 1.29 is 4.74 Å². The molecule has 0 aliphatic carbocycles. The standard InChI is InChI=1S/C19H27N5O.HI/c1-20-19(22-15-8-10-25-11-9-15)21-13-14-12-18(24(2)3)23-17-7-5-4-6-16(14)17;/h4-7,12,15H,8-11,13H2,1-3H3,(H2,20,21,22);1H. The molecular weight excluding hydrogens is 441 g/mol. The number of guanidine groups is 1. The number of ether oxygens (including phenoxy) is 1. The highest BCUT2D eigenvalue weighted by molar-refractivity contribution is 14.0. The number of aliphatic imine (C=N–C) groups is 1. The summed E-state index contributed by atoms with van der Waals surface area (Å²) in [7, 11) is 5.84. The third kappa shape index (κ3) is 5.20. The Kier molecular flexibility index (Phi) is 7.89. The van der Waals surface area contributed by atoms with Gasteiger partial charge in [0.25, 0.3) is 0 Å². The number of hydrogen-bond donors (Lipinski definition) is 2. The second kappa shape index (κ2) is 9.91. The maximum absolute atomic E-state index is 5.42. The highest BCUT2D eigenvalue weighted by Gasteiger charge is 2.15. The van der Waals surface area contributed by atoms with Gasteiger partial charge in [0.05, 0.1) is 5.52 Å². The second-order valence-corrected chi connectivity index (χ2v) is 6.51. The Morgan fingerprint density at radius 3 is 2.69 bits per heavy atom. The van der Waals surface area contributed by atoms with Crippen LogP contribution < -0.4 is 15.5 Å². The number of nitrogens with one attached hydrogen (secondary N) is 2. The largest absolute Gasteiger partial charge is 0.381 e. The molecule has 1 saturated heterocycles.